The lowest BCUT2D eigenvalue weighted by Crippen LogP contribution is -2.29. The summed E-state index contributed by atoms with van der Waals surface area (Å²) in [5.41, 5.74) is -0.0673. The molecule has 0 radical (unpaired) electrons. The van der Waals surface area contributed by atoms with Crippen LogP contribution < -0.4 is 5.32 Å². The second-order valence-corrected chi connectivity index (χ2v) is 4.02. The summed E-state index contributed by atoms with van der Waals surface area (Å²) in [6, 6.07) is 0.0223. The van der Waals surface area contributed by atoms with E-state index < -0.39 is 0 Å². The molecule has 1 spiro atoms. The zero-order chi connectivity index (χ0) is 8.77. The lowest BCUT2D eigenvalue weighted by atomic mass is 9.98. The van der Waals surface area contributed by atoms with Gasteiger partial charge in [0.25, 0.3) is 0 Å². The number of amides is 1. The molecule has 3 nitrogen and oxygen atoms in total. The van der Waals surface area contributed by atoms with E-state index in [1.165, 1.54) is 0 Å². The van der Waals surface area contributed by atoms with Gasteiger partial charge in [-0.05, 0) is 18.8 Å². The molecular weight excluding hydrogens is 154 g/mol. The van der Waals surface area contributed by atoms with Crippen molar-refractivity contribution in [3.8, 4) is 0 Å². The van der Waals surface area contributed by atoms with Gasteiger partial charge in [0.15, 0.2) is 0 Å². The highest BCUT2D eigenvalue weighted by atomic mass is 16.3. The number of carbonyl (C=O) groups excluding carboxylic acids is 1. The number of carbonyl (C=O) groups is 1. The van der Waals surface area contributed by atoms with Crippen molar-refractivity contribution >= 4 is 5.91 Å². The highest BCUT2D eigenvalue weighted by Gasteiger charge is 2.62. The van der Waals surface area contributed by atoms with E-state index in [-0.39, 0.29) is 24.0 Å². The molecule has 3 atom stereocenters. The maximum absolute atomic E-state index is 11.5. The van der Waals surface area contributed by atoms with Crippen LogP contribution in [0.15, 0.2) is 0 Å². The third kappa shape index (κ3) is 0.891. The Labute approximate surface area is 72.2 Å². The van der Waals surface area contributed by atoms with Crippen molar-refractivity contribution in [3.63, 3.8) is 0 Å². The number of aliphatic hydroxyl groups excluding tert-OH is 1. The van der Waals surface area contributed by atoms with Gasteiger partial charge in [-0.2, -0.15) is 0 Å². The molecule has 68 valence electrons. The molecule has 0 aromatic heterocycles. The van der Waals surface area contributed by atoms with E-state index in [2.05, 4.69) is 12.2 Å². The number of aliphatic hydroxyl groups is 1. The number of hydrogen-bond acceptors (Lipinski definition) is 2. The standard InChI is InChI=1S/C9H15NO2/c1-2-6-3-9(6)4-7(5-11)10-8(9)12/h6-7,11H,2-5H2,1H3,(H,10,12)/t6-,7?,9?/m0/s1. The van der Waals surface area contributed by atoms with Crippen LogP contribution in [0.3, 0.4) is 0 Å². The van der Waals surface area contributed by atoms with Crippen LogP contribution in [0.25, 0.3) is 0 Å². The molecule has 0 aromatic carbocycles. The van der Waals surface area contributed by atoms with E-state index >= 15 is 0 Å². The van der Waals surface area contributed by atoms with Crippen molar-refractivity contribution in [2.75, 3.05) is 6.61 Å². The van der Waals surface area contributed by atoms with E-state index in [0.29, 0.717) is 5.92 Å². The minimum atomic E-state index is -0.0673. The Kier molecular flexibility index (Phi) is 1.65. The minimum absolute atomic E-state index is 0.0223. The second kappa shape index (κ2) is 2.46. The predicted octanol–water partition coefficient (Wildman–Crippen LogP) is 0.283. The topological polar surface area (TPSA) is 49.3 Å². The molecule has 3 heteroatoms. The van der Waals surface area contributed by atoms with E-state index in [0.717, 1.165) is 19.3 Å². The summed E-state index contributed by atoms with van der Waals surface area (Å²) in [6.45, 7) is 2.21. The second-order valence-electron chi connectivity index (χ2n) is 4.02. The number of hydrogen-bond donors (Lipinski definition) is 2. The first-order valence-electron chi connectivity index (χ1n) is 4.64. The first-order valence-corrected chi connectivity index (χ1v) is 4.64. The highest BCUT2D eigenvalue weighted by molar-refractivity contribution is 5.88. The van der Waals surface area contributed by atoms with E-state index in [1.54, 1.807) is 0 Å². The maximum atomic E-state index is 11.5. The summed E-state index contributed by atoms with van der Waals surface area (Å²) < 4.78 is 0. The normalized spacial score (nSPS) is 45.0. The fourth-order valence-electron chi connectivity index (χ4n) is 2.47. The van der Waals surface area contributed by atoms with Crippen molar-refractivity contribution in [3.05, 3.63) is 0 Å². The Hall–Kier alpha value is -0.570. The molecule has 1 aliphatic heterocycles. The molecule has 1 aliphatic carbocycles. The SMILES string of the molecule is CC[C@H]1CC12CC(CO)NC2=O. The average Bonchev–Trinajstić information content (AvgIpc) is 2.68. The van der Waals surface area contributed by atoms with Crippen molar-refractivity contribution in [2.45, 2.75) is 32.2 Å². The van der Waals surface area contributed by atoms with Gasteiger partial charge in [0, 0.05) is 0 Å². The van der Waals surface area contributed by atoms with Crippen LogP contribution in [0, 0.1) is 11.3 Å². The fourth-order valence-corrected chi connectivity index (χ4v) is 2.47. The van der Waals surface area contributed by atoms with E-state index in [1.807, 2.05) is 0 Å². The summed E-state index contributed by atoms with van der Waals surface area (Å²) in [4.78, 5) is 11.5. The Bertz CT molecular complexity index is 215. The molecule has 2 rings (SSSR count). The van der Waals surface area contributed by atoms with Crippen LogP contribution in [-0.4, -0.2) is 23.7 Å². The van der Waals surface area contributed by atoms with Crippen molar-refractivity contribution in [2.24, 2.45) is 11.3 Å². The lowest BCUT2D eigenvalue weighted by Gasteiger charge is -2.03. The smallest absolute Gasteiger partial charge is 0.226 e. The van der Waals surface area contributed by atoms with Gasteiger partial charge in [0.1, 0.15) is 0 Å². The van der Waals surface area contributed by atoms with Crippen LogP contribution in [-0.2, 0) is 4.79 Å². The molecule has 0 bridgehead atoms. The van der Waals surface area contributed by atoms with Gasteiger partial charge in [-0.15, -0.1) is 0 Å². The van der Waals surface area contributed by atoms with Crippen molar-refractivity contribution < 1.29 is 9.90 Å². The molecule has 1 saturated heterocycles. The minimum Gasteiger partial charge on any atom is -0.394 e. The van der Waals surface area contributed by atoms with Gasteiger partial charge >= 0.3 is 0 Å². The summed E-state index contributed by atoms with van der Waals surface area (Å²) >= 11 is 0. The summed E-state index contributed by atoms with van der Waals surface area (Å²) in [5, 5.41) is 11.7. The zero-order valence-corrected chi connectivity index (χ0v) is 7.34. The molecule has 2 aliphatic rings. The molecule has 2 N–H and O–H groups in total. The van der Waals surface area contributed by atoms with E-state index in [9.17, 15) is 4.79 Å². The van der Waals surface area contributed by atoms with Gasteiger partial charge in [-0.25, -0.2) is 0 Å². The summed E-state index contributed by atoms with van der Waals surface area (Å²) in [6.07, 6.45) is 2.97. The number of rotatable bonds is 2. The van der Waals surface area contributed by atoms with Crippen LogP contribution in [0.1, 0.15) is 26.2 Å². The van der Waals surface area contributed by atoms with Crippen LogP contribution in [0.4, 0.5) is 0 Å². The summed E-state index contributed by atoms with van der Waals surface area (Å²) in [5.74, 6) is 0.752. The molecular formula is C9H15NO2. The fraction of sp³-hybridized carbons (Fsp3) is 0.889. The third-order valence-corrected chi connectivity index (χ3v) is 3.34. The number of nitrogens with one attached hydrogen (secondary N) is 1. The Balaban J connectivity index is 2.06. The first-order chi connectivity index (χ1) is 5.73. The highest BCUT2D eigenvalue weighted by Crippen LogP contribution is 2.59. The average molecular weight is 169 g/mol. The Morgan fingerprint density at radius 2 is 2.42 bits per heavy atom. The molecule has 2 unspecified atom stereocenters. The lowest BCUT2D eigenvalue weighted by molar-refractivity contribution is -0.124. The molecule has 0 aromatic rings. The van der Waals surface area contributed by atoms with Gasteiger partial charge < -0.3 is 10.4 Å². The molecule has 1 heterocycles. The molecule has 1 amide bonds. The van der Waals surface area contributed by atoms with Gasteiger partial charge in [0.2, 0.25) is 5.91 Å². The van der Waals surface area contributed by atoms with Gasteiger partial charge in [-0.1, -0.05) is 13.3 Å². The first kappa shape index (κ1) is 8.05. The van der Waals surface area contributed by atoms with Crippen LogP contribution in [0.5, 0.6) is 0 Å². The van der Waals surface area contributed by atoms with E-state index in [4.69, 9.17) is 5.11 Å². The van der Waals surface area contributed by atoms with Gasteiger partial charge in [0.05, 0.1) is 18.1 Å². The Morgan fingerprint density at radius 1 is 1.67 bits per heavy atom. The summed E-state index contributed by atoms with van der Waals surface area (Å²) in [7, 11) is 0. The predicted molar refractivity (Wildman–Crippen MR) is 44.5 cm³/mol. The molecule has 1 saturated carbocycles. The van der Waals surface area contributed by atoms with Crippen LogP contribution in [0.2, 0.25) is 0 Å². The largest absolute Gasteiger partial charge is 0.394 e. The maximum Gasteiger partial charge on any atom is 0.226 e. The quantitative estimate of drug-likeness (QED) is 0.624. The van der Waals surface area contributed by atoms with Gasteiger partial charge in [-0.3, -0.25) is 4.79 Å². The third-order valence-electron chi connectivity index (χ3n) is 3.34. The zero-order valence-electron chi connectivity index (χ0n) is 7.34. The Morgan fingerprint density at radius 3 is 2.83 bits per heavy atom. The molecule has 2 fully saturated rings. The van der Waals surface area contributed by atoms with Crippen LogP contribution >= 0.6 is 0 Å². The molecule has 12 heavy (non-hydrogen) atoms. The van der Waals surface area contributed by atoms with Crippen molar-refractivity contribution in [1.29, 1.82) is 0 Å². The monoisotopic (exact) mass is 169 g/mol. The van der Waals surface area contributed by atoms with Crippen molar-refractivity contribution in [1.82, 2.24) is 5.32 Å².